The Kier molecular flexibility index (Phi) is 4.47. The standard InChI is InChI=1S/C14H17F3N4O2S/c1-13(2,3)7-11-19-12(14(15,16)17)20-21(11)10-6-5-9(8-18-10)24(4,22)23/h5-6,8H,7H2,1-4H3. The second-order valence-electron chi connectivity index (χ2n) is 6.62. The maximum Gasteiger partial charge on any atom is 0.453 e. The van der Waals surface area contributed by atoms with Gasteiger partial charge in [0.15, 0.2) is 15.7 Å². The third-order valence-electron chi connectivity index (χ3n) is 2.98. The third-order valence-corrected chi connectivity index (χ3v) is 4.08. The van der Waals surface area contributed by atoms with Gasteiger partial charge in [-0.25, -0.2) is 18.4 Å². The summed E-state index contributed by atoms with van der Waals surface area (Å²) in [5, 5.41) is 3.50. The average molecular weight is 362 g/mol. The zero-order valence-electron chi connectivity index (χ0n) is 13.6. The molecule has 10 heteroatoms. The van der Waals surface area contributed by atoms with Gasteiger partial charge >= 0.3 is 6.18 Å². The van der Waals surface area contributed by atoms with Crippen LogP contribution in [0.15, 0.2) is 23.2 Å². The maximum absolute atomic E-state index is 12.9. The maximum atomic E-state index is 12.9. The molecule has 0 aliphatic heterocycles. The molecule has 0 N–H and O–H groups in total. The Morgan fingerprint density at radius 2 is 1.79 bits per heavy atom. The van der Waals surface area contributed by atoms with E-state index in [-0.39, 0.29) is 28.4 Å². The molecule has 132 valence electrons. The smallest absolute Gasteiger partial charge is 0.236 e. The van der Waals surface area contributed by atoms with Gasteiger partial charge in [-0.05, 0) is 17.5 Å². The number of hydrogen-bond acceptors (Lipinski definition) is 5. The van der Waals surface area contributed by atoms with Crippen LogP contribution >= 0.6 is 0 Å². The van der Waals surface area contributed by atoms with E-state index in [0.717, 1.165) is 17.1 Å². The Labute approximate surface area is 137 Å². The average Bonchev–Trinajstić information content (AvgIpc) is 2.79. The summed E-state index contributed by atoms with van der Waals surface area (Å²) in [6, 6.07) is 2.57. The summed E-state index contributed by atoms with van der Waals surface area (Å²) in [7, 11) is -3.45. The molecule has 0 bridgehead atoms. The number of nitrogens with zero attached hydrogens (tertiary/aromatic N) is 4. The summed E-state index contributed by atoms with van der Waals surface area (Å²) >= 11 is 0. The molecule has 0 amide bonds. The molecule has 0 radical (unpaired) electrons. The van der Waals surface area contributed by atoms with Gasteiger partial charge in [0.1, 0.15) is 5.82 Å². The van der Waals surface area contributed by atoms with E-state index in [1.807, 2.05) is 20.8 Å². The van der Waals surface area contributed by atoms with Crippen molar-refractivity contribution in [3.05, 3.63) is 30.0 Å². The quantitative estimate of drug-likeness (QED) is 0.839. The van der Waals surface area contributed by atoms with Crippen LogP contribution in [0.1, 0.15) is 32.4 Å². The fourth-order valence-electron chi connectivity index (χ4n) is 1.95. The van der Waals surface area contributed by atoms with Crippen molar-refractivity contribution in [2.75, 3.05) is 6.26 Å². The first-order valence-corrected chi connectivity index (χ1v) is 8.86. The van der Waals surface area contributed by atoms with Crippen LogP contribution in [0.25, 0.3) is 5.82 Å². The van der Waals surface area contributed by atoms with Gasteiger partial charge in [-0.1, -0.05) is 20.8 Å². The fourth-order valence-corrected chi connectivity index (χ4v) is 2.51. The first-order chi connectivity index (χ1) is 10.8. The topological polar surface area (TPSA) is 77.7 Å². The summed E-state index contributed by atoms with van der Waals surface area (Å²) in [5.74, 6) is -1.07. The first kappa shape index (κ1) is 18.4. The van der Waals surface area contributed by atoms with Crippen LogP contribution in [-0.4, -0.2) is 34.4 Å². The SMILES string of the molecule is CC(C)(C)Cc1nc(C(F)(F)F)nn1-c1ccc(S(C)(=O)=O)cn1. The second kappa shape index (κ2) is 5.83. The van der Waals surface area contributed by atoms with Crippen molar-refractivity contribution in [3.8, 4) is 5.82 Å². The van der Waals surface area contributed by atoms with Crippen molar-refractivity contribution < 1.29 is 21.6 Å². The van der Waals surface area contributed by atoms with Gasteiger partial charge in [0, 0.05) is 18.9 Å². The Hall–Kier alpha value is -1.97. The zero-order valence-corrected chi connectivity index (χ0v) is 14.4. The minimum absolute atomic E-state index is 0.0280. The van der Waals surface area contributed by atoms with Gasteiger partial charge in [-0.2, -0.15) is 17.9 Å². The third kappa shape index (κ3) is 4.31. The lowest BCUT2D eigenvalue weighted by Gasteiger charge is -2.17. The van der Waals surface area contributed by atoms with Crippen LogP contribution in [-0.2, 0) is 22.4 Å². The van der Waals surface area contributed by atoms with Crippen LogP contribution in [0.3, 0.4) is 0 Å². The highest BCUT2D eigenvalue weighted by Crippen LogP contribution is 2.29. The molecular formula is C14H17F3N4O2S. The second-order valence-corrected chi connectivity index (χ2v) is 8.64. The number of sulfone groups is 1. The summed E-state index contributed by atoms with van der Waals surface area (Å²) in [4.78, 5) is 7.47. The lowest BCUT2D eigenvalue weighted by molar-refractivity contribution is -0.144. The van der Waals surface area contributed by atoms with E-state index in [1.54, 1.807) is 0 Å². The Morgan fingerprint density at radius 3 is 2.21 bits per heavy atom. The molecule has 0 unspecified atom stereocenters. The molecule has 0 saturated heterocycles. The van der Waals surface area contributed by atoms with Crippen LogP contribution in [0.2, 0.25) is 0 Å². The fraction of sp³-hybridized carbons (Fsp3) is 0.500. The van der Waals surface area contributed by atoms with Crippen LogP contribution in [0.5, 0.6) is 0 Å². The van der Waals surface area contributed by atoms with E-state index in [4.69, 9.17) is 0 Å². The van der Waals surface area contributed by atoms with E-state index < -0.39 is 21.8 Å². The molecule has 2 aromatic rings. The van der Waals surface area contributed by atoms with E-state index in [0.29, 0.717) is 0 Å². The molecule has 2 aromatic heterocycles. The predicted octanol–water partition coefficient (Wildman–Crippen LogP) is 2.67. The normalized spacial score (nSPS) is 13.3. The van der Waals surface area contributed by atoms with Crippen LogP contribution in [0, 0.1) is 5.41 Å². The lowest BCUT2D eigenvalue weighted by Crippen LogP contribution is -2.15. The molecule has 24 heavy (non-hydrogen) atoms. The molecule has 2 rings (SSSR count). The molecule has 0 aliphatic carbocycles. The zero-order chi connectivity index (χ0) is 18.3. The van der Waals surface area contributed by atoms with Crippen molar-refractivity contribution in [2.45, 2.75) is 38.3 Å². The van der Waals surface area contributed by atoms with E-state index >= 15 is 0 Å². The number of halogens is 3. The summed E-state index contributed by atoms with van der Waals surface area (Å²) < 4.78 is 62.6. The largest absolute Gasteiger partial charge is 0.453 e. The molecular weight excluding hydrogens is 345 g/mol. The number of rotatable bonds is 3. The molecule has 0 atom stereocenters. The molecule has 6 nitrogen and oxygen atoms in total. The molecule has 2 heterocycles. The predicted molar refractivity (Wildman–Crippen MR) is 80.4 cm³/mol. The highest BCUT2D eigenvalue weighted by Gasteiger charge is 2.37. The van der Waals surface area contributed by atoms with E-state index in [1.165, 1.54) is 12.1 Å². The summed E-state index contributed by atoms with van der Waals surface area (Å²) in [6.45, 7) is 5.58. The molecule has 0 saturated carbocycles. The van der Waals surface area contributed by atoms with E-state index in [2.05, 4.69) is 15.1 Å². The van der Waals surface area contributed by atoms with Gasteiger partial charge in [0.05, 0.1) is 4.90 Å². The van der Waals surface area contributed by atoms with Gasteiger partial charge in [0.2, 0.25) is 0 Å². The van der Waals surface area contributed by atoms with Crippen molar-refractivity contribution in [2.24, 2.45) is 5.41 Å². The Bertz CT molecular complexity index is 834. The van der Waals surface area contributed by atoms with Crippen molar-refractivity contribution >= 4 is 9.84 Å². The van der Waals surface area contributed by atoms with Crippen molar-refractivity contribution in [3.63, 3.8) is 0 Å². The Morgan fingerprint density at radius 1 is 1.17 bits per heavy atom. The molecule has 0 fully saturated rings. The number of pyridine rings is 1. The van der Waals surface area contributed by atoms with Crippen LogP contribution in [0.4, 0.5) is 13.2 Å². The first-order valence-electron chi connectivity index (χ1n) is 6.97. The highest BCUT2D eigenvalue weighted by atomic mass is 32.2. The van der Waals surface area contributed by atoms with E-state index in [9.17, 15) is 21.6 Å². The van der Waals surface area contributed by atoms with Crippen molar-refractivity contribution in [1.29, 1.82) is 0 Å². The molecule has 0 aromatic carbocycles. The van der Waals surface area contributed by atoms with Crippen molar-refractivity contribution in [1.82, 2.24) is 19.7 Å². The van der Waals surface area contributed by atoms with Crippen LogP contribution < -0.4 is 0 Å². The number of hydrogen-bond donors (Lipinski definition) is 0. The van der Waals surface area contributed by atoms with Gasteiger partial charge in [0.25, 0.3) is 5.82 Å². The van der Waals surface area contributed by atoms with Gasteiger partial charge in [-0.15, -0.1) is 5.10 Å². The minimum Gasteiger partial charge on any atom is -0.236 e. The summed E-state index contributed by atoms with van der Waals surface area (Å²) in [6.07, 6.45) is -2.33. The monoisotopic (exact) mass is 362 g/mol. The van der Waals surface area contributed by atoms with Gasteiger partial charge in [-0.3, -0.25) is 0 Å². The molecule has 0 aliphatic rings. The molecule has 0 spiro atoms. The lowest BCUT2D eigenvalue weighted by atomic mass is 9.92. The Balaban J connectivity index is 2.53. The highest BCUT2D eigenvalue weighted by molar-refractivity contribution is 7.90. The van der Waals surface area contributed by atoms with Gasteiger partial charge < -0.3 is 0 Å². The number of alkyl halides is 3. The summed E-state index contributed by atoms with van der Waals surface area (Å²) in [5.41, 5.74) is -0.319. The number of aromatic nitrogens is 4. The minimum atomic E-state index is -4.68.